The Kier molecular flexibility index (Phi) is 14.3. The largest absolute Gasteiger partial charge is 0.444 e. The van der Waals surface area contributed by atoms with Crippen molar-refractivity contribution >= 4 is 35.7 Å². The highest BCUT2D eigenvalue weighted by Gasteiger charge is 2.39. The Morgan fingerprint density at radius 2 is 1.78 bits per heavy atom. The van der Waals surface area contributed by atoms with E-state index in [0.717, 1.165) is 49.7 Å². The van der Waals surface area contributed by atoms with Gasteiger partial charge in [-0.05, 0) is 94.9 Å². The van der Waals surface area contributed by atoms with E-state index < -0.39 is 23.8 Å². The van der Waals surface area contributed by atoms with Crippen LogP contribution in [0.2, 0.25) is 0 Å². The van der Waals surface area contributed by atoms with Crippen LogP contribution in [0.5, 0.6) is 0 Å². The van der Waals surface area contributed by atoms with Crippen molar-refractivity contribution in [2.75, 3.05) is 12.0 Å². The molecule has 230 valence electrons. The number of nitrogens with zero attached hydrogens (tertiary/aromatic N) is 1. The molecule has 7 nitrogen and oxygen atoms in total. The zero-order valence-corrected chi connectivity index (χ0v) is 27.1. The second kappa shape index (κ2) is 16.8. The van der Waals surface area contributed by atoms with E-state index in [-0.39, 0.29) is 23.9 Å². The first-order valence-electron chi connectivity index (χ1n) is 15.2. The molecule has 0 spiro atoms. The second-order valence-corrected chi connectivity index (χ2v) is 13.7. The topological polar surface area (TPSA) is 87.7 Å². The standard InChI is InChI=1S/C33H53N3O4S/c1-9-25-14-13-15-26(22-25)29(30(37)34-27-16-11-10-12-17-27)36(24(4)19-18-23(2)3)31(38)28(20-21-41-8)35-32(39)40-33(5,6)7/h9,13-15,22-24,27-29H,1,10-12,16-21H2,2-8H3,(H,34,37)(H,35,39). The molecule has 1 aliphatic carbocycles. The van der Waals surface area contributed by atoms with Crippen LogP contribution in [-0.2, 0) is 14.3 Å². The summed E-state index contributed by atoms with van der Waals surface area (Å²) in [7, 11) is 0. The summed E-state index contributed by atoms with van der Waals surface area (Å²) in [6, 6.07) is 5.87. The van der Waals surface area contributed by atoms with Crippen LogP contribution in [0.1, 0.15) is 110 Å². The molecule has 1 fully saturated rings. The second-order valence-electron chi connectivity index (χ2n) is 12.7. The van der Waals surface area contributed by atoms with Gasteiger partial charge in [0.1, 0.15) is 17.7 Å². The predicted octanol–water partition coefficient (Wildman–Crippen LogP) is 7.12. The number of nitrogens with one attached hydrogen (secondary N) is 2. The van der Waals surface area contributed by atoms with E-state index in [1.165, 1.54) is 6.42 Å². The molecule has 8 heteroatoms. The zero-order valence-electron chi connectivity index (χ0n) is 26.3. The minimum absolute atomic E-state index is 0.0939. The third-order valence-corrected chi connectivity index (χ3v) is 8.07. The summed E-state index contributed by atoms with van der Waals surface area (Å²) in [6.07, 6.45) is 10.4. The summed E-state index contributed by atoms with van der Waals surface area (Å²) >= 11 is 1.61. The van der Waals surface area contributed by atoms with Gasteiger partial charge >= 0.3 is 6.09 Å². The highest BCUT2D eigenvalue weighted by molar-refractivity contribution is 7.98. The molecule has 0 aromatic heterocycles. The summed E-state index contributed by atoms with van der Waals surface area (Å²) in [6.45, 7) is 15.6. The molecule has 1 aromatic rings. The van der Waals surface area contributed by atoms with Crippen molar-refractivity contribution in [3.05, 3.63) is 42.0 Å². The first-order chi connectivity index (χ1) is 19.4. The molecule has 0 saturated heterocycles. The number of hydrogen-bond donors (Lipinski definition) is 2. The molecule has 1 aliphatic rings. The van der Waals surface area contributed by atoms with Crippen LogP contribution >= 0.6 is 11.8 Å². The molecule has 3 amide bonds. The lowest BCUT2D eigenvalue weighted by molar-refractivity contribution is -0.145. The maximum absolute atomic E-state index is 14.5. The van der Waals surface area contributed by atoms with E-state index in [4.69, 9.17) is 4.74 Å². The van der Waals surface area contributed by atoms with E-state index in [1.54, 1.807) is 43.5 Å². The number of alkyl carbamates (subject to hydrolysis) is 1. The smallest absolute Gasteiger partial charge is 0.408 e. The Balaban J connectivity index is 2.57. The fourth-order valence-electron chi connectivity index (χ4n) is 5.26. The van der Waals surface area contributed by atoms with Crippen LogP contribution in [0.4, 0.5) is 4.79 Å². The van der Waals surface area contributed by atoms with Gasteiger partial charge in [0.15, 0.2) is 0 Å². The summed E-state index contributed by atoms with van der Waals surface area (Å²) in [4.78, 5) is 43.3. The van der Waals surface area contributed by atoms with Gasteiger partial charge in [0.05, 0.1) is 0 Å². The molecule has 0 bridgehead atoms. The number of benzene rings is 1. The highest BCUT2D eigenvalue weighted by atomic mass is 32.2. The van der Waals surface area contributed by atoms with Crippen LogP contribution in [-0.4, -0.2) is 58.5 Å². The molecule has 0 aliphatic heterocycles. The molecule has 0 heterocycles. The van der Waals surface area contributed by atoms with Gasteiger partial charge in [-0.15, -0.1) is 0 Å². The Bertz CT molecular complexity index is 1000. The lowest BCUT2D eigenvalue weighted by Crippen LogP contribution is -2.56. The van der Waals surface area contributed by atoms with Crippen molar-refractivity contribution in [1.82, 2.24) is 15.5 Å². The Hall–Kier alpha value is -2.48. The first kappa shape index (κ1) is 34.7. The van der Waals surface area contributed by atoms with Crippen LogP contribution in [0.25, 0.3) is 6.08 Å². The Labute approximate surface area is 252 Å². The van der Waals surface area contributed by atoms with E-state index >= 15 is 0 Å². The van der Waals surface area contributed by atoms with Crippen molar-refractivity contribution in [3.63, 3.8) is 0 Å². The number of ether oxygens (including phenoxy) is 1. The minimum Gasteiger partial charge on any atom is -0.444 e. The van der Waals surface area contributed by atoms with Gasteiger partial charge < -0.3 is 20.3 Å². The van der Waals surface area contributed by atoms with Gasteiger partial charge in [0.2, 0.25) is 11.8 Å². The molecule has 1 saturated carbocycles. The summed E-state index contributed by atoms with van der Waals surface area (Å²) in [5, 5.41) is 6.13. The zero-order chi connectivity index (χ0) is 30.6. The van der Waals surface area contributed by atoms with Gasteiger partial charge in [-0.3, -0.25) is 9.59 Å². The molecule has 2 N–H and O–H groups in total. The summed E-state index contributed by atoms with van der Waals surface area (Å²) in [5.41, 5.74) is 0.918. The average Bonchev–Trinajstić information content (AvgIpc) is 2.91. The van der Waals surface area contributed by atoms with E-state index in [2.05, 4.69) is 31.1 Å². The number of hydrogen-bond acceptors (Lipinski definition) is 5. The van der Waals surface area contributed by atoms with E-state index in [1.807, 2.05) is 37.4 Å². The molecule has 1 aromatic carbocycles. The fraction of sp³-hybridized carbons (Fsp3) is 0.667. The molecule has 41 heavy (non-hydrogen) atoms. The average molecular weight is 588 g/mol. The number of thioether (sulfide) groups is 1. The third-order valence-electron chi connectivity index (χ3n) is 7.43. The van der Waals surface area contributed by atoms with E-state index in [9.17, 15) is 14.4 Å². The minimum atomic E-state index is -0.844. The van der Waals surface area contributed by atoms with Gasteiger partial charge in [0.25, 0.3) is 0 Å². The number of rotatable bonds is 14. The lowest BCUT2D eigenvalue weighted by Gasteiger charge is -2.39. The summed E-state index contributed by atoms with van der Waals surface area (Å²) in [5.74, 6) is 0.670. The SMILES string of the molecule is C=Cc1cccc(C(C(=O)NC2CCCCC2)N(C(=O)C(CCSC)NC(=O)OC(C)(C)C)C(C)CCC(C)C)c1. The normalized spacial score (nSPS) is 16.4. The lowest BCUT2D eigenvalue weighted by atomic mass is 9.93. The van der Waals surface area contributed by atoms with Gasteiger partial charge in [-0.1, -0.05) is 64.0 Å². The predicted molar refractivity (Wildman–Crippen MR) is 171 cm³/mol. The van der Waals surface area contributed by atoms with Crippen LogP contribution < -0.4 is 10.6 Å². The quantitative estimate of drug-likeness (QED) is 0.242. The van der Waals surface area contributed by atoms with Crippen molar-refractivity contribution < 1.29 is 19.1 Å². The molecular formula is C33H53N3O4S. The van der Waals surface area contributed by atoms with Crippen LogP contribution in [0.15, 0.2) is 30.8 Å². The van der Waals surface area contributed by atoms with Gasteiger partial charge in [-0.25, -0.2) is 4.79 Å². The molecule has 3 atom stereocenters. The molecule has 3 unspecified atom stereocenters. The molecular weight excluding hydrogens is 534 g/mol. The number of amides is 3. The Morgan fingerprint density at radius 1 is 1.10 bits per heavy atom. The first-order valence-corrected chi connectivity index (χ1v) is 16.6. The molecule has 2 rings (SSSR count). The number of carbonyl (C=O) groups excluding carboxylic acids is 3. The fourth-order valence-corrected chi connectivity index (χ4v) is 5.73. The van der Waals surface area contributed by atoms with Gasteiger partial charge in [0, 0.05) is 12.1 Å². The maximum atomic E-state index is 14.5. The Morgan fingerprint density at radius 3 is 2.37 bits per heavy atom. The van der Waals surface area contributed by atoms with Crippen molar-refractivity contribution in [1.29, 1.82) is 0 Å². The van der Waals surface area contributed by atoms with Crippen molar-refractivity contribution in [2.45, 2.75) is 123 Å². The van der Waals surface area contributed by atoms with E-state index in [0.29, 0.717) is 18.1 Å². The van der Waals surface area contributed by atoms with Crippen molar-refractivity contribution in [2.24, 2.45) is 5.92 Å². The highest BCUT2D eigenvalue weighted by Crippen LogP contribution is 2.30. The molecule has 0 radical (unpaired) electrons. The van der Waals surface area contributed by atoms with Crippen LogP contribution in [0, 0.1) is 5.92 Å². The van der Waals surface area contributed by atoms with Gasteiger partial charge in [-0.2, -0.15) is 11.8 Å². The van der Waals surface area contributed by atoms with Crippen LogP contribution in [0.3, 0.4) is 0 Å². The van der Waals surface area contributed by atoms with Crippen molar-refractivity contribution in [3.8, 4) is 0 Å². The summed E-state index contributed by atoms with van der Waals surface area (Å²) < 4.78 is 5.52. The third kappa shape index (κ3) is 11.7. The maximum Gasteiger partial charge on any atom is 0.408 e. The monoisotopic (exact) mass is 587 g/mol. The number of carbonyl (C=O) groups is 3.